The monoisotopic (exact) mass is 319 g/mol. The lowest BCUT2D eigenvalue weighted by Gasteiger charge is -2.11. The Labute approximate surface area is 119 Å². The molecule has 0 spiro atoms. The second-order valence-electron chi connectivity index (χ2n) is 4.05. The standard InChI is InChI=1S/C12H8F3NO4S/c13-12(14,15)8-1-2-9(7(5-8)6-21(18)19)11(17)10-3-4-20-16-10/h1-5H,6H2,(H,18,19). The zero-order chi connectivity index (χ0) is 15.6. The third-order valence-corrected chi connectivity index (χ3v) is 3.18. The van der Waals surface area contributed by atoms with Gasteiger partial charge in [0.25, 0.3) is 0 Å². The van der Waals surface area contributed by atoms with Crippen LogP contribution in [0.3, 0.4) is 0 Å². The normalized spacial score (nSPS) is 13.1. The van der Waals surface area contributed by atoms with Crippen LogP contribution in [0.5, 0.6) is 0 Å². The Hall–Kier alpha value is -2.00. The first-order valence-corrected chi connectivity index (χ1v) is 6.79. The highest BCUT2D eigenvalue weighted by molar-refractivity contribution is 7.78. The molecule has 2 aromatic rings. The van der Waals surface area contributed by atoms with Crippen LogP contribution in [-0.2, 0) is 23.0 Å². The Morgan fingerprint density at radius 1 is 1.33 bits per heavy atom. The summed E-state index contributed by atoms with van der Waals surface area (Å²) in [6, 6.07) is 3.63. The van der Waals surface area contributed by atoms with Crippen molar-refractivity contribution in [3.05, 3.63) is 52.9 Å². The molecule has 112 valence electrons. The van der Waals surface area contributed by atoms with Crippen molar-refractivity contribution in [1.82, 2.24) is 5.16 Å². The van der Waals surface area contributed by atoms with E-state index in [0.717, 1.165) is 18.4 Å². The van der Waals surface area contributed by atoms with E-state index in [1.807, 2.05) is 0 Å². The van der Waals surface area contributed by atoms with E-state index < -0.39 is 34.4 Å². The lowest BCUT2D eigenvalue weighted by molar-refractivity contribution is -0.137. The lowest BCUT2D eigenvalue weighted by Crippen LogP contribution is -2.11. The number of benzene rings is 1. The quantitative estimate of drug-likeness (QED) is 0.692. The highest BCUT2D eigenvalue weighted by Crippen LogP contribution is 2.31. The van der Waals surface area contributed by atoms with Crippen molar-refractivity contribution in [3.63, 3.8) is 0 Å². The number of carbonyl (C=O) groups is 1. The smallest absolute Gasteiger partial charge is 0.364 e. The predicted octanol–water partition coefficient (Wildman–Crippen LogP) is 2.65. The summed E-state index contributed by atoms with van der Waals surface area (Å²) in [6.45, 7) is 0. The average molecular weight is 319 g/mol. The summed E-state index contributed by atoms with van der Waals surface area (Å²) in [5, 5.41) is 3.40. The van der Waals surface area contributed by atoms with Gasteiger partial charge < -0.3 is 9.08 Å². The van der Waals surface area contributed by atoms with E-state index in [9.17, 15) is 22.2 Å². The number of halogens is 3. The molecular weight excluding hydrogens is 311 g/mol. The molecule has 2 rings (SSSR count). The molecule has 1 aromatic heterocycles. The minimum Gasteiger partial charge on any atom is -0.364 e. The summed E-state index contributed by atoms with van der Waals surface area (Å²) in [5.41, 5.74) is -1.41. The van der Waals surface area contributed by atoms with Gasteiger partial charge in [0.05, 0.1) is 11.3 Å². The van der Waals surface area contributed by atoms with Gasteiger partial charge in [0, 0.05) is 11.6 Å². The van der Waals surface area contributed by atoms with Crippen LogP contribution in [0.25, 0.3) is 0 Å². The molecule has 1 aromatic carbocycles. The topological polar surface area (TPSA) is 80.4 Å². The van der Waals surface area contributed by atoms with Crippen LogP contribution in [0.4, 0.5) is 13.2 Å². The predicted molar refractivity (Wildman–Crippen MR) is 65.9 cm³/mol. The van der Waals surface area contributed by atoms with E-state index in [-0.39, 0.29) is 16.8 Å². The van der Waals surface area contributed by atoms with Crippen molar-refractivity contribution in [2.24, 2.45) is 0 Å². The molecule has 21 heavy (non-hydrogen) atoms. The molecule has 0 aliphatic carbocycles. The molecule has 0 fully saturated rings. The van der Waals surface area contributed by atoms with E-state index in [4.69, 9.17) is 4.55 Å². The molecule has 0 amide bonds. The van der Waals surface area contributed by atoms with E-state index >= 15 is 0 Å². The highest BCUT2D eigenvalue weighted by Gasteiger charge is 2.32. The van der Waals surface area contributed by atoms with Crippen molar-refractivity contribution in [2.45, 2.75) is 11.9 Å². The number of nitrogens with zero attached hydrogens (tertiary/aromatic N) is 1. The summed E-state index contributed by atoms with van der Waals surface area (Å²) in [4.78, 5) is 12.1. The van der Waals surface area contributed by atoms with Crippen molar-refractivity contribution in [2.75, 3.05) is 0 Å². The van der Waals surface area contributed by atoms with Gasteiger partial charge in [0.2, 0.25) is 5.78 Å². The number of aromatic nitrogens is 1. The first kappa shape index (κ1) is 15.4. The van der Waals surface area contributed by atoms with Gasteiger partial charge in [-0.15, -0.1) is 0 Å². The van der Waals surface area contributed by atoms with Crippen molar-refractivity contribution >= 4 is 16.9 Å². The van der Waals surface area contributed by atoms with Crippen molar-refractivity contribution in [1.29, 1.82) is 0 Å². The zero-order valence-electron chi connectivity index (χ0n) is 10.3. The van der Waals surface area contributed by atoms with Crippen LogP contribution < -0.4 is 0 Å². The molecule has 1 N–H and O–H groups in total. The molecule has 0 saturated heterocycles. The molecule has 1 heterocycles. The molecule has 9 heteroatoms. The van der Waals surface area contributed by atoms with E-state index in [1.165, 1.54) is 6.07 Å². The number of rotatable bonds is 4. The molecule has 0 aliphatic heterocycles. The van der Waals surface area contributed by atoms with Gasteiger partial charge in [0.1, 0.15) is 6.26 Å². The van der Waals surface area contributed by atoms with E-state index in [1.54, 1.807) is 0 Å². The Morgan fingerprint density at radius 3 is 2.57 bits per heavy atom. The summed E-state index contributed by atoms with van der Waals surface area (Å²) in [5.74, 6) is -1.28. The van der Waals surface area contributed by atoms with Crippen LogP contribution in [0.2, 0.25) is 0 Å². The second-order valence-corrected chi connectivity index (χ2v) is 4.98. The summed E-state index contributed by atoms with van der Waals surface area (Å²) >= 11 is -2.39. The Balaban J connectivity index is 2.50. The largest absolute Gasteiger partial charge is 0.416 e. The van der Waals surface area contributed by atoms with Crippen LogP contribution in [-0.4, -0.2) is 19.7 Å². The minimum atomic E-state index is -4.61. The maximum atomic E-state index is 12.7. The highest BCUT2D eigenvalue weighted by atomic mass is 32.2. The zero-order valence-corrected chi connectivity index (χ0v) is 11.1. The number of hydrogen-bond acceptors (Lipinski definition) is 4. The maximum Gasteiger partial charge on any atom is 0.416 e. The van der Waals surface area contributed by atoms with Crippen LogP contribution >= 0.6 is 0 Å². The fraction of sp³-hybridized carbons (Fsp3) is 0.167. The van der Waals surface area contributed by atoms with Gasteiger partial charge >= 0.3 is 6.18 Å². The molecule has 0 aliphatic rings. The van der Waals surface area contributed by atoms with Crippen molar-refractivity contribution in [3.8, 4) is 0 Å². The number of carbonyl (C=O) groups excluding carboxylic acids is 1. The van der Waals surface area contributed by atoms with Gasteiger partial charge in [-0.1, -0.05) is 11.2 Å². The van der Waals surface area contributed by atoms with E-state index in [2.05, 4.69) is 9.68 Å². The van der Waals surface area contributed by atoms with Crippen LogP contribution in [0.1, 0.15) is 27.2 Å². The van der Waals surface area contributed by atoms with Gasteiger partial charge in [-0.2, -0.15) is 13.2 Å². The SMILES string of the molecule is O=C(c1ccon1)c1ccc(C(F)(F)F)cc1CS(=O)O. The fourth-order valence-corrected chi connectivity index (χ4v) is 2.22. The fourth-order valence-electron chi connectivity index (χ4n) is 1.71. The summed E-state index contributed by atoms with van der Waals surface area (Å²) in [6.07, 6.45) is -3.47. The van der Waals surface area contributed by atoms with Gasteiger partial charge in [0.15, 0.2) is 16.8 Å². The van der Waals surface area contributed by atoms with Crippen LogP contribution in [0, 0.1) is 0 Å². The summed E-state index contributed by atoms with van der Waals surface area (Å²) in [7, 11) is 0. The van der Waals surface area contributed by atoms with Gasteiger partial charge in [-0.05, 0) is 17.7 Å². The van der Waals surface area contributed by atoms with Crippen LogP contribution in [0.15, 0.2) is 35.1 Å². The third-order valence-electron chi connectivity index (χ3n) is 2.63. The first-order valence-electron chi connectivity index (χ1n) is 5.51. The van der Waals surface area contributed by atoms with E-state index in [0.29, 0.717) is 6.07 Å². The molecule has 1 atom stereocenters. The number of alkyl halides is 3. The average Bonchev–Trinajstić information content (AvgIpc) is 2.90. The molecule has 0 radical (unpaired) electrons. The number of ketones is 1. The number of hydrogen-bond donors (Lipinski definition) is 1. The Kier molecular flexibility index (Phi) is 4.24. The minimum absolute atomic E-state index is 0.0975. The molecule has 5 nitrogen and oxygen atoms in total. The third kappa shape index (κ3) is 3.56. The van der Waals surface area contributed by atoms with Gasteiger partial charge in [-0.25, -0.2) is 4.21 Å². The molecule has 1 unspecified atom stereocenters. The Morgan fingerprint density at radius 2 is 2.05 bits per heavy atom. The molecule has 0 saturated carbocycles. The Bertz CT molecular complexity index is 682. The first-order chi connectivity index (χ1) is 9.79. The molecule has 0 bridgehead atoms. The summed E-state index contributed by atoms with van der Waals surface area (Å²) < 4.78 is 62.2. The second kappa shape index (κ2) is 5.78. The maximum absolute atomic E-state index is 12.7. The van der Waals surface area contributed by atoms with Gasteiger partial charge in [-0.3, -0.25) is 4.79 Å². The lowest BCUT2D eigenvalue weighted by atomic mass is 10.00. The molecular formula is C12H8F3NO4S. The van der Waals surface area contributed by atoms with Crippen molar-refractivity contribution < 1.29 is 31.3 Å².